The molecule has 0 aliphatic carbocycles. The van der Waals surface area contributed by atoms with Gasteiger partial charge in [0.2, 0.25) is 11.9 Å². The van der Waals surface area contributed by atoms with E-state index in [0.717, 1.165) is 19.3 Å². The molecule has 0 bridgehead atoms. The van der Waals surface area contributed by atoms with Crippen molar-refractivity contribution in [3.05, 3.63) is 48.0 Å². The van der Waals surface area contributed by atoms with E-state index >= 15 is 0 Å². The summed E-state index contributed by atoms with van der Waals surface area (Å²) < 4.78 is 34.3. The molecule has 1 unspecified atom stereocenters. The number of aliphatic imine (C=N–C) groups is 1. The summed E-state index contributed by atoms with van der Waals surface area (Å²) in [7, 11) is 0. The second-order valence-electron chi connectivity index (χ2n) is 7.46. The largest absolute Gasteiger partial charge is 0.461 e. The first-order valence-corrected chi connectivity index (χ1v) is 10.9. The van der Waals surface area contributed by atoms with Crippen molar-refractivity contribution in [1.29, 1.82) is 0 Å². The van der Waals surface area contributed by atoms with Crippen LogP contribution in [0.3, 0.4) is 0 Å². The molecule has 0 spiro atoms. The maximum atomic E-state index is 12.7. The second-order valence-corrected chi connectivity index (χ2v) is 7.46. The summed E-state index contributed by atoms with van der Waals surface area (Å²) in [5, 5.41) is 2.35. The van der Waals surface area contributed by atoms with E-state index < -0.39 is 43.6 Å². The topological polar surface area (TPSA) is 97.3 Å². The molecular formula is C24H33N3O5. The Hall–Kier alpha value is -3.16. The van der Waals surface area contributed by atoms with Crippen LogP contribution in [0.5, 0.6) is 0 Å². The van der Waals surface area contributed by atoms with Crippen LogP contribution < -0.4 is 5.32 Å². The molecule has 0 saturated heterocycles. The number of amides is 2. The van der Waals surface area contributed by atoms with Crippen LogP contribution in [-0.4, -0.2) is 48.5 Å². The molecule has 8 nitrogen and oxygen atoms in total. The Morgan fingerprint density at radius 3 is 2.84 bits per heavy atom. The number of nitrogens with zero attached hydrogens (tertiary/aromatic N) is 2. The van der Waals surface area contributed by atoms with E-state index in [9.17, 15) is 14.4 Å². The van der Waals surface area contributed by atoms with Crippen molar-refractivity contribution in [3.8, 4) is 0 Å². The van der Waals surface area contributed by atoms with Gasteiger partial charge in [-0.05, 0) is 24.8 Å². The van der Waals surface area contributed by atoms with Crippen LogP contribution in [0, 0.1) is 0 Å². The lowest BCUT2D eigenvalue weighted by molar-refractivity contribution is -0.149. The molecule has 1 aliphatic heterocycles. The number of esters is 1. The van der Waals surface area contributed by atoms with E-state index in [2.05, 4.69) is 17.2 Å². The third-order valence-electron chi connectivity index (χ3n) is 4.73. The number of likely N-dealkylation sites (N-methyl/N-ethyl adjacent to an activating group) is 1. The second kappa shape index (κ2) is 14.0. The van der Waals surface area contributed by atoms with Gasteiger partial charge in [-0.2, -0.15) is 0 Å². The van der Waals surface area contributed by atoms with Crippen molar-refractivity contribution >= 4 is 23.9 Å². The van der Waals surface area contributed by atoms with Gasteiger partial charge in [0.25, 0.3) is 0 Å². The molecule has 1 N–H and O–H groups in total. The van der Waals surface area contributed by atoms with Gasteiger partial charge in [-0.15, -0.1) is 4.99 Å². The van der Waals surface area contributed by atoms with Gasteiger partial charge in [0, 0.05) is 23.9 Å². The number of carbonyl (C=O) groups excluding carboxylic acids is 3. The van der Waals surface area contributed by atoms with Crippen LogP contribution in [0.1, 0.15) is 61.5 Å². The molecular weight excluding hydrogens is 410 g/mol. The van der Waals surface area contributed by atoms with Crippen molar-refractivity contribution in [1.82, 2.24) is 10.2 Å². The first-order valence-electron chi connectivity index (χ1n) is 12.4. The zero-order valence-corrected chi connectivity index (χ0v) is 18.4. The highest BCUT2D eigenvalue weighted by molar-refractivity contribution is 6.01. The van der Waals surface area contributed by atoms with Crippen LogP contribution in [-0.2, 0) is 25.7 Å². The third-order valence-corrected chi connectivity index (χ3v) is 4.73. The first-order chi connectivity index (χ1) is 16.7. The highest BCUT2D eigenvalue weighted by Crippen LogP contribution is 2.13. The molecule has 1 heterocycles. The average molecular weight is 447 g/mol. The fourth-order valence-electron chi connectivity index (χ4n) is 3.04. The molecule has 32 heavy (non-hydrogen) atoms. The molecule has 2 amide bonds. The van der Waals surface area contributed by atoms with E-state index in [-0.39, 0.29) is 13.0 Å². The summed E-state index contributed by atoms with van der Waals surface area (Å²) in [5.41, 5.74) is 0.706. The molecule has 0 fully saturated rings. The molecule has 1 aromatic carbocycles. The normalized spacial score (nSPS) is 22.2. The Bertz CT molecular complexity index is 903. The van der Waals surface area contributed by atoms with E-state index in [1.807, 2.05) is 18.2 Å². The SMILES string of the molecule is [2H]C([2H])([2H])N1CC(=O)OC(CCCCC)C/C=C\CCC(=O)N/C1=N/C(=O)OCc1ccccc1. The lowest BCUT2D eigenvalue weighted by Gasteiger charge is -2.22. The Labute approximate surface area is 193 Å². The van der Waals surface area contributed by atoms with Gasteiger partial charge in [-0.25, -0.2) is 4.79 Å². The molecule has 174 valence electrons. The number of carbonyl (C=O) groups is 3. The molecule has 0 aromatic heterocycles. The summed E-state index contributed by atoms with van der Waals surface area (Å²) in [6, 6.07) is 8.85. The summed E-state index contributed by atoms with van der Waals surface area (Å²) in [4.78, 5) is 41.8. The Morgan fingerprint density at radius 2 is 2.09 bits per heavy atom. The molecule has 8 heteroatoms. The number of guanidine groups is 1. The van der Waals surface area contributed by atoms with Crippen molar-refractivity contribution < 1.29 is 28.0 Å². The molecule has 1 aliphatic rings. The van der Waals surface area contributed by atoms with Gasteiger partial charge >= 0.3 is 12.1 Å². The number of hydrogen-bond acceptors (Lipinski definition) is 5. The third kappa shape index (κ3) is 9.76. The fourth-order valence-corrected chi connectivity index (χ4v) is 3.04. The van der Waals surface area contributed by atoms with E-state index in [1.54, 1.807) is 24.3 Å². The number of cyclic esters (lactones) is 1. The van der Waals surface area contributed by atoms with Gasteiger partial charge in [0.05, 0.1) is 0 Å². The lowest BCUT2D eigenvalue weighted by atomic mass is 10.1. The number of hydrogen-bond donors (Lipinski definition) is 1. The predicted molar refractivity (Wildman–Crippen MR) is 122 cm³/mol. The van der Waals surface area contributed by atoms with Gasteiger partial charge < -0.3 is 14.4 Å². The smallest absolute Gasteiger partial charge is 0.437 e. The van der Waals surface area contributed by atoms with Crippen LogP contribution in [0.4, 0.5) is 4.79 Å². The Balaban J connectivity index is 2.25. The van der Waals surface area contributed by atoms with Crippen LogP contribution in [0.2, 0.25) is 0 Å². The standard InChI is InChI=1S/C24H33N3O5/c1-3-4-7-14-20-15-10-6-11-16-21(28)25-23(27(2)17-22(29)32-20)26-24(30)31-18-19-12-8-5-9-13-19/h5-6,8-10,12-13,20H,3-4,7,11,14-18H2,1-2H3,(H,25,26,28,30)/b10-6-/i2D3. The maximum absolute atomic E-state index is 12.7. The number of unbranched alkanes of at least 4 members (excludes halogenated alkanes) is 2. The van der Waals surface area contributed by atoms with Gasteiger partial charge in [-0.3, -0.25) is 14.9 Å². The fraction of sp³-hybridized carbons (Fsp3) is 0.500. The first kappa shape index (κ1) is 20.7. The summed E-state index contributed by atoms with van der Waals surface area (Å²) >= 11 is 0. The molecule has 1 aromatic rings. The van der Waals surface area contributed by atoms with Gasteiger partial charge in [0.1, 0.15) is 19.3 Å². The number of rotatable bonds is 6. The molecule has 0 radical (unpaired) electrons. The monoisotopic (exact) mass is 446 g/mol. The minimum atomic E-state index is -2.89. The number of nitrogens with one attached hydrogen (secondary N) is 1. The minimum absolute atomic E-state index is 0.0404. The molecule has 2 rings (SSSR count). The molecule has 1 atom stereocenters. The maximum Gasteiger partial charge on any atom is 0.437 e. The quantitative estimate of drug-likeness (QED) is 0.404. The van der Waals surface area contributed by atoms with Crippen molar-refractivity contribution in [3.63, 3.8) is 0 Å². The van der Waals surface area contributed by atoms with Crippen LogP contribution >= 0.6 is 0 Å². The Morgan fingerprint density at radius 1 is 1.28 bits per heavy atom. The number of ether oxygens (including phenoxy) is 2. The Kier molecular flexibility index (Phi) is 9.07. The number of benzene rings is 1. The number of allylic oxidation sites excluding steroid dienone is 1. The molecule has 0 saturated carbocycles. The van der Waals surface area contributed by atoms with Crippen LogP contribution in [0.15, 0.2) is 47.5 Å². The summed E-state index contributed by atoms with van der Waals surface area (Å²) in [6.07, 6.45) is 6.55. The van der Waals surface area contributed by atoms with Crippen molar-refractivity contribution in [2.24, 2.45) is 4.99 Å². The van der Waals surface area contributed by atoms with Gasteiger partial charge in [0.15, 0.2) is 0 Å². The lowest BCUT2D eigenvalue weighted by Crippen LogP contribution is -2.45. The average Bonchev–Trinajstić information content (AvgIpc) is 2.81. The highest BCUT2D eigenvalue weighted by Gasteiger charge is 2.20. The van der Waals surface area contributed by atoms with Crippen molar-refractivity contribution in [2.45, 2.75) is 64.6 Å². The van der Waals surface area contributed by atoms with Crippen molar-refractivity contribution in [2.75, 3.05) is 13.5 Å². The van der Waals surface area contributed by atoms with E-state index in [4.69, 9.17) is 13.6 Å². The summed E-state index contributed by atoms with van der Waals surface area (Å²) in [6.45, 7) is -1.64. The predicted octanol–water partition coefficient (Wildman–Crippen LogP) is 3.96. The zero-order chi connectivity index (χ0) is 25.7. The summed E-state index contributed by atoms with van der Waals surface area (Å²) in [5.74, 6) is -1.93. The minimum Gasteiger partial charge on any atom is -0.461 e. The highest BCUT2D eigenvalue weighted by atomic mass is 16.5. The van der Waals surface area contributed by atoms with E-state index in [1.165, 1.54) is 0 Å². The van der Waals surface area contributed by atoms with E-state index in [0.29, 0.717) is 29.7 Å². The van der Waals surface area contributed by atoms with Gasteiger partial charge in [-0.1, -0.05) is 62.2 Å². The van der Waals surface area contributed by atoms with Crippen LogP contribution in [0.25, 0.3) is 0 Å². The zero-order valence-electron chi connectivity index (χ0n) is 21.4.